The zero-order valence-corrected chi connectivity index (χ0v) is 41.0. The molecular formula is C50H99NO5S2. The van der Waals surface area contributed by atoms with E-state index in [1.807, 2.05) is 23.5 Å². The van der Waals surface area contributed by atoms with Crippen LogP contribution in [-0.4, -0.2) is 83.4 Å². The molecule has 0 radical (unpaired) electrons. The highest BCUT2D eigenvalue weighted by Crippen LogP contribution is 2.23. The molecule has 58 heavy (non-hydrogen) atoms. The van der Waals surface area contributed by atoms with Gasteiger partial charge in [-0.25, -0.2) is 0 Å². The van der Waals surface area contributed by atoms with E-state index in [-0.39, 0.29) is 30.8 Å². The fourth-order valence-electron chi connectivity index (χ4n) is 7.73. The van der Waals surface area contributed by atoms with E-state index in [2.05, 4.69) is 39.6 Å². The molecular weight excluding hydrogens is 759 g/mol. The van der Waals surface area contributed by atoms with Gasteiger partial charge in [-0.15, -0.1) is 0 Å². The van der Waals surface area contributed by atoms with Crippen LogP contribution in [0.2, 0.25) is 0 Å². The van der Waals surface area contributed by atoms with Crippen molar-refractivity contribution in [2.75, 3.05) is 43.2 Å². The molecule has 8 heteroatoms. The third kappa shape index (κ3) is 39.7. The summed E-state index contributed by atoms with van der Waals surface area (Å²) >= 11 is 3.95. The van der Waals surface area contributed by atoms with E-state index in [0.717, 1.165) is 119 Å². The van der Waals surface area contributed by atoms with Gasteiger partial charge in [0.15, 0.2) is 0 Å². The van der Waals surface area contributed by atoms with Gasteiger partial charge < -0.3 is 19.5 Å². The van der Waals surface area contributed by atoms with Crippen molar-refractivity contribution in [2.45, 2.75) is 264 Å². The molecule has 0 aromatic rings. The van der Waals surface area contributed by atoms with Crippen LogP contribution >= 0.6 is 23.5 Å². The Morgan fingerprint density at radius 1 is 0.466 bits per heavy atom. The third-order valence-corrected chi connectivity index (χ3v) is 14.0. The number of ether oxygens (including phenoxy) is 2. The maximum absolute atomic E-state index is 12.9. The van der Waals surface area contributed by atoms with Crippen molar-refractivity contribution in [2.24, 2.45) is 0 Å². The number of hydrogen-bond donors (Lipinski definition) is 1. The highest BCUT2D eigenvalue weighted by atomic mass is 32.2. The zero-order chi connectivity index (χ0) is 42.6. The van der Waals surface area contributed by atoms with Gasteiger partial charge in [0.05, 0.1) is 0 Å². The average Bonchev–Trinajstić information content (AvgIpc) is 3.21. The van der Waals surface area contributed by atoms with Gasteiger partial charge in [0.1, 0.15) is 12.2 Å². The molecule has 0 aliphatic heterocycles. The van der Waals surface area contributed by atoms with Crippen LogP contribution in [0.15, 0.2) is 0 Å². The van der Waals surface area contributed by atoms with Crippen LogP contribution in [0.5, 0.6) is 0 Å². The second kappa shape index (κ2) is 46.1. The number of nitrogens with zero attached hydrogens (tertiary/aromatic N) is 1. The Kier molecular flexibility index (Phi) is 45.7. The molecule has 0 saturated heterocycles. The summed E-state index contributed by atoms with van der Waals surface area (Å²) in [6, 6.07) is 0.496. The van der Waals surface area contributed by atoms with Crippen molar-refractivity contribution in [1.82, 2.24) is 4.90 Å². The molecule has 0 rings (SSSR count). The lowest BCUT2D eigenvalue weighted by Gasteiger charge is -2.29. The number of aliphatic hydroxyl groups is 1. The number of aliphatic hydroxyl groups excluding tert-OH is 1. The standard InChI is InChI=1S/C50H99NO5S2/c1-6-10-14-18-20-24-38-49(53)55-47(44-57-42-32-22-16-12-8-3)36-28-26-34-46(51(5)40-30-31-41-52)35-27-29-37-48(45-58-43-33-23-17-13-9-4)56-50(54)39-25-21-19-15-11-7-2/h46-48,52H,6-45H2,1-5H3. The van der Waals surface area contributed by atoms with Gasteiger partial charge in [0.2, 0.25) is 0 Å². The number of rotatable bonds is 47. The summed E-state index contributed by atoms with van der Waals surface area (Å²) in [5, 5.41) is 9.43. The van der Waals surface area contributed by atoms with Crippen LogP contribution in [-0.2, 0) is 19.1 Å². The largest absolute Gasteiger partial charge is 0.461 e. The van der Waals surface area contributed by atoms with Crippen molar-refractivity contribution in [3.63, 3.8) is 0 Å². The van der Waals surface area contributed by atoms with Crippen LogP contribution < -0.4 is 0 Å². The van der Waals surface area contributed by atoms with Crippen molar-refractivity contribution >= 4 is 35.5 Å². The van der Waals surface area contributed by atoms with Gasteiger partial charge in [0.25, 0.3) is 0 Å². The summed E-state index contributed by atoms with van der Waals surface area (Å²) in [6.07, 6.45) is 38.8. The maximum atomic E-state index is 12.9. The molecule has 0 aliphatic rings. The molecule has 0 spiro atoms. The van der Waals surface area contributed by atoms with Crippen molar-refractivity contribution in [3.8, 4) is 0 Å². The second-order valence-corrected chi connectivity index (χ2v) is 19.7. The zero-order valence-electron chi connectivity index (χ0n) is 39.4. The lowest BCUT2D eigenvalue weighted by Crippen LogP contribution is -2.33. The predicted octanol–water partition coefficient (Wildman–Crippen LogP) is 14.9. The van der Waals surface area contributed by atoms with Crippen LogP contribution in [0, 0.1) is 0 Å². The van der Waals surface area contributed by atoms with Crippen LogP contribution in [0.3, 0.4) is 0 Å². The Morgan fingerprint density at radius 2 is 0.828 bits per heavy atom. The SMILES string of the molecule is CCCCCCCCC(=O)OC(CCCCC(CCCCC(CSCCCCCCC)OC(=O)CCCCCCCC)N(C)CCCCO)CSCCCCCCC. The summed E-state index contributed by atoms with van der Waals surface area (Å²) in [7, 11) is 2.26. The van der Waals surface area contributed by atoms with E-state index in [0.29, 0.717) is 18.9 Å². The Balaban J connectivity index is 5.13. The molecule has 2 atom stereocenters. The minimum atomic E-state index is 0.00213. The van der Waals surface area contributed by atoms with Gasteiger partial charge in [-0.2, -0.15) is 23.5 Å². The third-order valence-electron chi connectivity index (χ3n) is 11.6. The molecule has 0 fully saturated rings. The summed E-state index contributed by atoms with van der Waals surface area (Å²) in [4.78, 5) is 28.3. The first-order chi connectivity index (χ1) is 28.4. The smallest absolute Gasteiger partial charge is 0.306 e. The monoisotopic (exact) mass is 858 g/mol. The molecule has 0 saturated carbocycles. The van der Waals surface area contributed by atoms with E-state index >= 15 is 0 Å². The molecule has 1 N–H and O–H groups in total. The molecule has 0 bridgehead atoms. The fourth-order valence-corrected chi connectivity index (χ4v) is 9.88. The fraction of sp³-hybridized carbons (Fsp3) is 0.960. The van der Waals surface area contributed by atoms with E-state index in [1.165, 1.54) is 116 Å². The number of unbranched alkanes of at least 4 members (excludes halogenated alkanes) is 21. The highest BCUT2D eigenvalue weighted by Gasteiger charge is 2.19. The maximum Gasteiger partial charge on any atom is 0.306 e. The highest BCUT2D eigenvalue weighted by molar-refractivity contribution is 7.99. The molecule has 6 nitrogen and oxygen atoms in total. The lowest BCUT2D eigenvalue weighted by atomic mass is 9.99. The first-order valence-corrected chi connectivity index (χ1v) is 27.6. The van der Waals surface area contributed by atoms with Crippen molar-refractivity contribution in [3.05, 3.63) is 0 Å². The minimum Gasteiger partial charge on any atom is -0.461 e. The Morgan fingerprint density at radius 3 is 1.22 bits per heavy atom. The number of thioether (sulfide) groups is 2. The van der Waals surface area contributed by atoms with Crippen LogP contribution in [0.1, 0.15) is 246 Å². The first kappa shape index (κ1) is 57.6. The van der Waals surface area contributed by atoms with E-state index in [9.17, 15) is 14.7 Å². The van der Waals surface area contributed by atoms with E-state index in [1.54, 1.807) is 0 Å². The van der Waals surface area contributed by atoms with E-state index in [4.69, 9.17) is 9.47 Å². The first-order valence-electron chi connectivity index (χ1n) is 25.3. The summed E-state index contributed by atoms with van der Waals surface area (Å²) in [5.74, 6) is 4.16. The molecule has 0 heterocycles. The number of esters is 2. The second-order valence-electron chi connectivity index (χ2n) is 17.4. The molecule has 0 aliphatic carbocycles. The number of carbonyl (C=O) groups excluding carboxylic acids is 2. The molecule has 346 valence electrons. The van der Waals surface area contributed by atoms with Gasteiger partial charge >= 0.3 is 11.9 Å². The van der Waals surface area contributed by atoms with Gasteiger partial charge in [-0.05, 0) is 102 Å². The predicted molar refractivity (Wildman–Crippen MR) is 258 cm³/mol. The Hall–Kier alpha value is -0.440. The number of carbonyl (C=O) groups is 2. The van der Waals surface area contributed by atoms with Crippen LogP contribution in [0.25, 0.3) is 0 Å². The van der Waals surface area contributed by atoms with E-state index < -0.39 is 0 Å². The number of hydrogen-bond acceptors (Lipinski definition) is 8. The quantitative estimate of drug-likeness (QED) is 0.0479. The van der Waals surface area contributed by atoms with Gasteiger partial charge in [0, 0.05) is 37.0 Å². The van der Waals surface area contributed by atoms with Gasteiger partial charge in [-0.1, -0.05) is 156 Å². The Bertz CT molecular complexity index is 804. The Labute approximate surface area is 370 Å². The molecule has 0 aromatic heterocycles. The van der Waals surface area contributed by atoms with Gasteiger partial charge in [-0.3, -0.25) is 9.59 Å². The topological polar surface area (TPSA) is 76.1 Å². The summed E-state index contributed by atoms with van der Waals surface area (Å²) < 4.78 is 12.3. The van der Waals surface area contributed by atoms with Crippen LogP contribution in [0.4, 0.5) is 0 Å². The molecule has 0 amide bonds. The summed E-state index contributed by atoms with van der Waals surface area (Å²) in [6.45, 7) is 10.3. The average molecular weight is 858 g/mol. The molecule has 0 aromatic carbocycles. The van der Waals surface area contributed by atoms with Crippen molar-refractivity contribution < 1.29 is 24.2 Å². The molecule has 2 unspecified atom stereocenters. The minimum absolute atomic E-state index is 0.00213. The normalized spacial score (nSPS) is 13.2. The van der Waals surface area contributed by atoms with Crippen molar-refractivity contribution in [1.29, 1.82) is 0 Å². The lowest BCUT2D eigenvalue weighted by molar-refractivity contribution is -0.149. The summed E-state index contributed by atoms with van der Waals surface area (Å²) in [5.41, 5.74) is 0.